The second-order valence-corrected chi connectivity index (χ2v) is 5.55. The Morgan fingerprint density at radius 2 is 1.88 bits per heavy atom. The van der Waals surface area contributed by atoms with E-state index in [0.29, 0.717) is 16.8 Å². The van der Waals surface area contributed by atoms with Gasteiger partial charge in [0.2, 0.25) is 0 Å². The highest BCUT2D eigenvalue weighted by Gasteiger charge is 2.20. The Hall–Kier alpha value is -0.890. The van der Waals surface area contributed by atoms with E-state index in [4.69, 9.17) is 22.1 Å². The van der Waals surface area contributed by atoms with Gasteiger partial charge in [-0.05, 0) is 50.2 Å². The number of hydrogen-bond acceptors (Lipinski definition) is 2. The molecule has 2 rings (SSSR count). The highest BCUT2D eigenvalue weighted by atomic mass is 35.5. The minimum atomic E-state index is 0.338. The lowest BCUT2D eigenvalue weighted by molar-refractivity contribution is 0.135. The molecule has 0 aliphatic heterocycles. The van der Waals surface area contributed by atoms with Crippen molar-refractivity contribution in [1.82, 2.24) is 0 Å². The average molecular weight is 254 g/mol. The molecule has 0 atom stereocenters. The number of ether oxygens (including phenoxy) is 1. The van der Waals surface area contributed by atoms with E-state index in [1.807, 2.05) is 19.1 Å². The monoisotopic (exact) mass is 253 g/mol. The number of anilines is 1. The predicted octanol–water partition coefficient (Wildman–Crippen LogP) is 4.19. The van der Waals surface area contributed by atoms with Gasteiger partial charge in [0.15, 0.2) is 0 Å². The number of nitrogens with two attached hydrogens (primary N) is 1. The van der Waals surface area contributed by atoms with E-state index in [0.717, 1.165) is 30.1 Å². The van der Waals surface area contributed by atoms with Crippen LogP contribution in [0.25, 0.3) is 0 Å². The van der Waals surface area contributed by atoms with E-state index in [1.54, 1.807) is 0 Å². The summed E-state index contributed by atoms with van der Waals surface area (Å²) in [4.78, 5) is 0. The Morgan fingerprint density at radius 1 is 1.24 bits per heavy atom. The number of hydrogen-bond donors (Lipinski definition) is 1. The van der Waals surface area contributed by atoms with Crippen molar-refractivity contribution >= 4 is 17.3 Å². The molecule has 1 aliphatic carbocycles. The van der Waals surface area contributed by atoms with Crippen molar-refractivity contribution < 1.29 is 4.74 Å². The summed E-state index contributed by atoms with van der Waals surface area (Å²) in [7, 11) is 0. The van der Waals surface area contributed by atoms with Gasteiger partial charge in [-0.2, -0.15) is 0 Å². The lowest BCUT2D eigenvalue weighted by atomic mass is 9.89. The summed E-state index contributed by atoms with van der Waals surface area (Å²) in [6.45, 7) is 4.31. The van der Waals surface area contributed by atoms with Crippen molar-refractivity contribution in [1.29, 1.82) is 0 Å². The van der Waals surface area contributed by atoms with Crippen LogP contribution < -0.4 is 10.5 Å². The zero-order valence-electron chi connectivity index (χ0n) is 10.5. The fraction of sp³-hybridized carbons (Fsp3) is 0.571. The Labute approximate surface area is 108 Å². The molecule has 0 radical (unpaired) electrons. The maximum absolute atomic E-state index is 6.03. The van der Waals surface area contributed by atoms with Crippen molar-refractivity contribution in [3.8, 4) is 5.75 Å². The molecule has 0 saturated heterocycles. The second kappa shape index (κ2) is 5.18. The largest absolute Gasteiger partial charge is 0.490 e. The molecule has 1 saturated carbocycles. The number of aryl methyl sites for hydroxylation is 1. The maximum atomic E-state index is 6.03. The molecule has 0 bridgehead atoms. The number of halogens is 1. The van der Waals surface area contributed by atoms with Crippen molar-refractivity contribution in [3.05, 3.63) is 22.7 Å². The average Bonchev–Trinajstić information content (AvgIpc) is 2.29. The molecule has 3 heteroatoms. The third-order valence-electron chi connectivity index (χ3n) is 3.55. The summed E-state index contributed by atoms with van der Waals surface area (Å²) in [6.07, 6.45) is 5.13. The lowest BCUT2D eigenvalue weighted by Crippen LogP contribution is -2.23. The molecule has 0 spiro atoms. The molecule has 1 fully saturated rings. The molecule has 1 aromatic carbocycles. The fourth-order valence-corrected chi connectivity index (χ4v) is 2.49. The Balaban J connectivity index is 2.06. The highest BCUT2D eigenvalue weighted by molar-refractivity contribution is 6.33. The molecule has 94 valence electrons. The first-order valence-electron chi connectivity index (χ1n) is 6.28. The zero-order valence-corrected chi connectivity index (χ0v) is 11.3. The molecule has 17 heavy (non-hydrogen) atoms. The van der Waals surface area contributed by atoms with Crippen LogP contribution >= 0.6 is 11.6 Å². The first-order chi connectivity index (χ1) is 8.06. The van der Waals surface area contributed by atoms with Crippen molar-refractivity contribution in [2.45, 2.75) is 45.6 Å². The van der Waals surface area contributed by atoms with Gasteiger partial charge >= 0.3 is 0 Å². The van der Waals surface area contributed by atoms with E-state index in [9.17, 15) is 0 Å². The van der Waals surface area contributed by atoms with Gasteiger partial charge in [-0.3, -0.25) is 0 Å². The van der Waals surface area contributed by atoms with Crippen LogP contribution in [0.1, 0.15) is 38.2 Å². The quantitative estimate of drug-likeness (QED) is 0.803. The van der Waals surface area contributed by atoms with Crippen LogP contribution in [0.5, 0.6) is 5.75 Å². The van der Waals surface area contributed by atoms with E-state index < -0.39 is 0 Å². The first-order valence-corrected chi connectivity index (χ1v) is 6.66. The van der Waals surface area contributed by atoms with Gasteiger partial charge in [0.1, 0.15) is 5.75 Å². The molecule has 2 N–H and O–H groups in total. The van der Waals surface area contributed by atoms with Crippen LogP contribution in [0.15, 0.2) is 12.1 Å². The lowest BCUT2D eigenvalue weighted by Gasteiger charge is -2.27. The number of rotatable bonds is 2. The van der Waals surface area contributed by atoms with Crippen LogP contribution in [0.4, 0.5) is 5.69 Å². The minimum Gasteiger partial charge on any atom is -0.490 e. The summed E-state index contributed by atoms with van der Waals surface area (Å²) in [5.74, 6) is 1.72. The molecule has 0 unspecified atom stereocenters. The van der Waals surface area contributed by atoms with Gasteiger partial charge in [0.25, 0.3) is 0 Å². The molecule has 0 amide bonds. The zero-order chi connectivity index (χ0) is 12.4. The van der Waals surface area contributed by atoms with Crippen molar-refractivity contribution in [2.24, 2.45) is 5.92 Å². The second-order valence-electron chi connectivity index (χ2n) is 5.14. The van der Waals surface area contributed by atoms with Crippen molar-refractivity contribution in [2.75, 3.05) is 5.73 Å². The Bertz CT molecular complexity index is 397. The molecule has 2 nitrogen and oxygen atoms in total. The minimum absolute atomic E-state index is 0.338. The Morgan fingerprint density at radius 3 is 2.53 bits per heavy atom. The van der Waals surface area contributed by atoms with Gasteiger partial charge in [-0.15, -0.1) is 0 Å². The molecular formula is C14H20ClNO. The van der Waals surface area contributed by atoms with Crippen LogP contribution in [0.3, 0.4) is 0 Å². The molecule has 0 heterocycles. The first kappa shape index (κ1) is 12.6. The molecular weight excluding hydrogens is 234 g/mol. The van der Waals surface area contributed by atoms with Crippen LogP contribution in [0, 0.1) is 12.8 Å². The summed E-state index contributed by atoms with van der Waals surface area (Å²) in [6, 6.07) is 3.72. The third-order valence-corrected chi connectivity index (χ3v) is 3.88. The number of benzene rings is 1. The summed E-state index contributed by atoms with van der Waals surface area (Å²) >= 11 is 6.02. The van der Waals surface area contributed by atoms with Crippen molar-refractivity contribution in [3.63, 3.8) is 0 Å². The van der Waals surface area contributed by atoms with Gasteiger partial charge in [0, 0.05) is 6.07 Å². The van der Waals surface area contributed by atoms with Crippen LogP contribution in [-0.2, 0) is 0 Å². The normalized spacial score (nSPS) is 24.6. The van der Waals surface area contributed by atoms with Crippen LogP contribution in [0.2, 0.25) is 5.02 Å². The standard InChI is InChI=1S/C14H20ClNO/c1-9-3-5-11(6-4-9)17-14-8-12(15)13(16)7-10(14)2/h7-9,11H,3-6,16H2,1-2H3. The smallest absolute Gasteiger partial charge is 0.124 e. The molecule has 0 aromatic heterocycles. The van der Waals surface area contributed by atoms with E-state index in [2.05, 4.69) is 6.92 Å². The third kappa shape index (κ3) is 3.06. The summed E-state index contributed by atoms with van der Waals surface area (Å²) in [5, 5.41) is 0.578. The Kier molecular flexibility index (Phi) is 3.82. The SMILES string of the molecule is Cc1cc(N)c(Cl)cc1OC1CCC(C)CC1. The fourth-order valence-electron chi connectivity index (χ4n) is 2.34. The van der Waals surface area contributed by atoms with Gasteiger partial charge in [-0.1, -0.05) is 18.5 Å². The summed E-state index contributed by atoms with van der Waals surface area (Å²) < 4.78 is 6.03. The maximum Gasteiger partial charge on any atom is 0.124 e. The van der Waals surface area contributed by atoms with Gasteiger partial charge < -0.3 is 10.5 Å². The van der Waals surface area contributed by atoms with E-state index >= 15 is 0 Å². The van der Waals surface area contributed by atoms with Gasteiger partial charge in [0.05, 0.1) is 16.8 Å². The highest BCUT2D eigenvalue weighted by Crippen LogP contribution is 2.32. The van der Waals surface area contributed by atoms with E-state index in [1.165, 1.54) is 12.8 Å². The predicted molar refractivity (Wildman–Crippen MR) is 72.6 cm³/mol. The molecule has 1 aromatic rings. The van der Waals surface area contributed by atoms with E-state index in [-0.39, 0.29) is 0 Å². The van der Waals surface area contributed by atoms with Crippen LogP contribution in [-0.4, -0.2) is 6.10 Å². The molecule has 1 aliphatic rings. The number of nitrogen functional groups attached to an aromatic ring is 1. The van der Waals surface area contributed by atoms with Gasteiger partial charge in [-0.25, -0.2) is 0 Å². The topological polar surface area (TPSA) is 35.2 Å². The summed E-state index contributed by atoms with van der Waals surface area (Å²) in [5.41, 5.74) is 7.43.